The van der Waals surface area contributed by atoms with Gasteiger partial charge in [-0.1, -0.05) is 6.58 Å². The monoisotopic (exact) mass is 124 g/mol. The van der Waals surface area contributed by atoms with Crippen molar-refractivity contribution in [2.24, 2.45) is 10.2 Å². The second kappa shape index (κ2) is 4.01. The number of allylic oxidation sites excluding steroid dienone is 1. The molecule has 0 saturated carbocycles. The van der Waals surface area contributed by atoms with Gasteiger partial charge < -0.3 is 0 Å². The Morgan fingerprint density at radius 2 is 1.78 bits per heavy atom. The van der Waals surface area contributed by atoms with Crippen molar-refractivity contribution < 1.29 is 0 Å². The Kier molecular flexibility index (Phi) is 3.60. The Morgan fingerprint density at radius 1 is 1.22 bits per heavy atom. The maximum Gasteiger partial charge on any atom is 0.0593 e. The molecule has 0 fully saturated rings. The molecular weight excluding hydrogens is 112 g/mol. The summed E-state index contributed by atoms with van der Waals surface area (Å²) in [5.41, 5.74) is 1.80. The molecule has 50 valence electrons. The number of hydrogen-bond acceptors (Lipinski definition) is 2. The molecule has 0 amide bonds. The van der Waals surface area contributed by atoms with Crippen LogP contribution < -0.4 is 0 Å². The molecule has 0 spiro atoms. The summed E-state index contributed by atoms with van der Waals surface area (Å²) >= 11 is 0. The summed E-state index contributed by atoms with van der Waals surface area (Å²) in [6.45, 7) is 9.20. The lowest BCUT2D eigenvalue weighted by atomic mass is 10.4. The van der Waals surface area contributed by atoms with Crippen LogP contribution in [0.2, 0.25) is 0 Å². The van der Waals surface area contributed by atoms with Crippen molar-refractivity contribution in [1.82, 2.24) is 0 Å². The van der Waals surface area contributed by atoms with Gasteiger partial charge in [-0.25, -0.2) is 0 Å². The van der Waals surface area contributed by atoms with Crippen LogP contribution >= 0.6 is 0 Å². The van der Waals surface area contributed by atoms with Gasteiger partial charge in [0.15, 0.2) is 0 Å². The Morgan fingerprint density at radius 3 is 2.11 bits per heavy atom. The zero-order chi connectivity index (χ0) is 7.28. The van der Waals surface area contributed by atoms with E-state index in [1.165, 1.54) is 0 Å². The van der Waals surface area contributed by atoms with Crippen molar-refractivity contribution in [2.75, 3.05) is 0 Å². The number of rotatable bonds is 2. The summed E-state index contributed by atoms with van der Waals surface area (Å²) in [6.07, 6.45) is 1.67. The van der Waals surface area contributed by atoms with Crippen molar-refractivity contribution in [3.63, 3.8) is 0 Å². The highest BCUT2D eigenvalue weighted by atomic mass is 15.2. The Hall–Kier alpha value is -0.920. The van der Waals surface area contributed by atoms with Crippen LogP contribution in [0, 0.1) is 0 Å². The van der Waals surface area contributed by atoms with Crippen LogP contribution in [0.1, 0.15) is 20.8 Å². The van der Waals surface area contributed by atoms with Crippen molar-refractivity contribution in [3.05, 3.63) is 12.7 Å². The van der Waals surface area contributed by atoms with Crippen molar-refractivity contribution in [2.45, 2.75) is 20.8 Å². The first-order valence-electron chi connectivity index (χ1n) is 2.84. The van der Waals surface area contributed by atoms with E-state index in [1.807, 2.05) is 20.8 Å². The van der Waals surface area contributed by atoms with E-state index in [1.54, 1.807) is 6.08 Å². The normalized spacial score (nSPS) is 10.8. The maximum atomic E-state index is 3.83. The van der Waals surface area contributed by atoms with E-state index < -0.39 is 0 Å². The number of nitrogens with zero attached hydrogens (tertiary/aromatic N) is 2. The summed E-state index contributed by atoms with van der Waals surface area (Å²) in [4.78, 5) is 0. The fourth-order valence-corrected chi connectivity index (χ4v) is 0.220. The zero-order valence-electron chi connectivity index (χ0n) is 6.18. The minimum Gasteiger partial charge on any atom is -0.160 e. The predicted octanol–water partition coefficient (Wildman–Crippen LogP) is 2.03. The molecule has 0 aliphatic carbocycles. The van der Waals surface area contributed by atoms with E-state index in [0.29, 0.717) is 0 Å². The maximum absolute atomic E-state index is 3.83. The average molecular weight is 124 g/mol. The van der Waals surface area contributed by atoms with Crippen molar-refractivity contribution in [1.29, 1.82) is 0 Å². The highest BCUT2D eigenvalue weighted by Crippen LogP contribution is 1.81. The van der Waals surface area contributed by atoms with Crippen molar-refractivity contribution in [3.8, 4) is 0 Å². The van der Waals surface area contributed by atoms with Gasteiger partial charge in [-0.2, -0.15) is 10.2 Å². The predicted molar refractivity (Wildman–Crippen MR) is 42.1 cm³/mol. The molecule has 0 rings (SSSR count). The van der Waals surface area contributed by atoms with Gasteiger partial charge >= 0.3 is 0 Å². The standard InChI is InChI=1S/C7H12N2/c1-5-7(4)9-8-6(2)3/h5H,1H2,2-4H3/b9-7-. The van der Waals surface area contributed by atoms with E-state index >= 15 is 0 Å². The van der Waals surface area contributed by atoms with Gasteiger partial charge in [0.25, 0.3) is 0 Å². The van der Waals surface area contributed by atoms with Gasteiger partial charge in [-0.05, 0) is 26.8 Å². The van der Waals surface area contributed by atoms with E-state index in [9.17, 15) is 0 Å². The molecule has 0 aromatic rings. The minimum absolute atomic E-state index is 0.844. The molecule has 0 unspecified atom stereocenters. The van der Waals surface area contributed by atoms with Gasteiger partial charge in [0.1, 0.15) is 0 Å². The average Bonchev–Trinajstić information content (AvgIpc) is 1.83. The van der Waals surface area contributed by atoms with Crippen LogP contribution in [0.3, 0.4) is 0 Å². The lowest BCUT2D eigenvalue weighted by Gasteiger charge is -1.84. The molecule has 0 aliphatic rings. The fourth-order valence-electron chi connectivity index (χ4n) is 0.220. The lowest BCUT2D eigenvalue weighted by molar-refractivity contribution is 1.22. The minimum atomic E-state index is 0.844. The third-order valence-electron chi connectivity index (χ3n) is 0.703. The van der Waals surface area contributed by atoms with Gasteiger partial charge in [-0.15, -0.1) is 0 Å². The second-order valence-corrected chi connectivity index (χ2v) is 1.99. The molecule has 0 radical (unpaired) electrons. The van der Waals surface area contributed by atoms with E-state index in [0.717, 1.165) is 11.4 Å². The smallest absolute Gasteiger partial charge is 0.0593 e. The molecule has 9 heavy (non-hydrogen) atoms. The highest BCUT2D eigenvalue weighted by molar-refractivity contribution is 5.92. The molecule has 0 bridgehead atoms. The third-order valence-corrected chi connectivity index (χ3v) is 0.703. The van der Waals surface area contributed by atoms with Crippen molar-refractivity contribution >= 4 is 11.4 Å². The fraction of sp³-hybridized carbons (Fsp3) is 0.429. The molecule has 0 heterocycles. The molecule has 0 aromatic carbocycles. The third kappa shape index (κ3) is 4.94. The quantitative estimate of drug-likeness (QED) is 0.397. The molecule has 2 heteroatoms. The number of hydrogen-bond donors (Lipinski definition) is 0. The molecule has 0 saturated heterocycles. The molecule has 0 aliphatic heterocycles. The first-order chi connectivity index (χ1) is 4.16. The van der Waals surface area contributed by atoms with Gasteiger partial charge in [-0.3, -0.25) is 0 Å². The summed E-state index contributed by atoms with van der Waals surface area (Å²) in [7, 11) is 0. The summed E-state index contributed by atoms with van der Waals surface area (Å²) < 4.78 is 0. The van der Waals surface area contributed by atoms with Crippen LogP contribution in [0.15, 0.2) is 22.9 Å². The summed E-state index contributed by atoms with van der Waals surface area (Å²) in [6, 6.07) is 0. The highest BCUT2D eigenvalue weighted by Gasteiger charge is 1.77. The first-order valence-corrected chi connectivity index (χ1v) is 2.84. The molecule has 0 aromatic heterocycles. The summed E-state index contributed by atoms with van der Waals surface area (Å²) in [5, 5.41) is 7.66. The molecular formula is C7H12N2. The van der Waals surface area contributed by atoms with Crippen LogP contribution in [0.25, 0.3) is 0 Å². The largest absolute Gasteiger partial charge is 0.160 e. The van der Waals surface area contributed by atoms with Gasteiger partial charge in [0, 0.05) is 5.71 Å². The van der Waals surface area contributed by atoms with E-state index in [-0.39, 0.29) is 0 Å². The van der Waals surface area contributed by atoms with Crippen LogP contribution in [-0.4, -0.2) is 11.4 Å². The van der Waals surface area contributed by atoms with Crippen LogP contribution in [0.4, 0.5) is 0 Å². The zero-order valence-corrected chi connectivity index (χ0v) is 6.18. The van der Waals surface area contributed by atoms with E-state index in [2.05, 4.69) is 16.8 Å². The molecule has 0 N–H and O–H groups in total. The SMILES string of the molecule is C=C/C(C)=N\N=C(C)C. The summed E-state index contributed by atoms with van der Waals surface area (Å²) in [5.74, 6) is 0. The first kappa shape index (κ1) is 8.08. The van der Waals surface area contributed by atoms with Gasteiger partial charge in [0.05, 0.1) is 5.71 Å². The van der Waals surface area contributed by atoms with Crippen LogP contribution in [0.5, 0.6) is 0 Å². The van der Waals surface area contributed by atoms with Gasteiger partial charge in [0.2, 0.25) is 0 Å². The molecule has 2 nitrogen and oxygen atoms in total. The lowest BCUT2D eigenvalue weighted by Crippen LogP contribution is -1.83. The second-order valence-electron chi connectivity index (χ2n) is 1.99. The van der Waals surface area contributed by atoms with E-state index in [4.69, 9.17) is 0 Å². The Labute approximate surface area is 56.0 Å². The Bertz CT molecular complexity index is 150. The molecule has 0 atom stereocenters. The van der Waals surface area contributed by atoms with Crippen LogP contribution in [-0.2, 0) is 0 Å². The Balaban J connectivity index is 3.98. The topological polar surface area (TPSA) is 24.7 Å².